The highest BCUT2D eigenvalue weighted by Crippen LogP contribution is 2.25. The summed E-state index contributed by atoms with van der Waals surface area (Å²) in [6.45, 7) is 0. The van der Waals surface area contributed by atoms with Gasteiger partial charge in [-0.25, -0.2) is 4.79 Å². The molecule has 0 saturated carbocycles. The molecule has 3 aromatic rings. The van der Waals surface area contributed by atoms with Crippen molar-refractivity contribution in [3.8, 4) is 28.4 Å². The summed E-state index contributed by atoms with van der Waals surface area (Å²) in [6, 6.07) is 22.0. The van der Waals surface area contributed by atoms with Gasteiger partial charge in [-0.2, -0.15) is 0 Å². The lowest BCUT2D eigenvalue weighted by molar-refractivity contribution is 0.0735. The van der Waals surface area contributed by atoms with Crippen LogP contribution in [0, 0.1) is 0 Å². The predicted molar refractivity (Wildman–Crippen MR) is 96.4 cm³/mol. The maximum absolute atomic E-state index is 12.2. The molecular formula is C21H18O4. The molecule has 4 heteroatoms. The quantitative estimate of drug-likeness (QED) is 0.506. The molecule has 0 radical (unpaired) electrons. The first-order chi connectivity index (χ1) is 12.2. The number of carbonyl (C=O) groups excluding carboxylic acids is 1. The standard InChI is InChI=1S/C21H18O4/c1-23-18-9-3-15(4-10-18)16-5-13-20(14-6-16)25-21(22)17-7-11-19(24-2)12-8-17/h3-14H,1-2H3. The Hall–Kier alpha value is -3.27. The number of carbonyl (C=O) groups is 1. The Morgan fingerprint density at radius 1 is 0.600 bits per heavy atom. The zero-order valence-corrected chi connectivity index (χ0v) is 14.1. The van der Waals surface area contributed by atoms with Gasteiger partial charge in [-0.05, 0) is 59.7 Å². The van der Waals surface area contributed by atoms with Crippen LogP contribution in [0.3, 0.4) is 0 Å². The molecule has 0 aliphatic heterocycles. The van der Waals surface area contributed by atoms with Gasteiger partial charge >= 0.3 is 5.97 Å². The van der Waals surface area contributed by atoms with Crippen LogP contribution < -0.4 is 14.2 Å². The van der Waals surface area contributed by atoms with E-state index in [9.17, 15) is 4.79 Å². The minimum Gasteiger partial charge on any atom is -0.497 e. The Kier molecular flexibility index (Phi) is 5.00. The van der Waals surface area contributed by atoms with Gasteiger partial charge in [0.2, 0.25) is 0 Å². The van der Waals surface area contributed by atoms with Gasteiger partial charge in [0, 0.05) is 0 Å². The zero-order chi connectivity index (χ0) is 17.6. The summed E-state index contributed by atoms with van der Waals surface area (Å²) >= 11 is 0. The van der Waals surface area contributed by atoms with Gasteiger partial charge in [-0.1, -0.05) is 24.3 Å². The Balaban J connectivity index is 1.69. The van der Waals surface area contributed by atoms with Crippen LogP contribution in [-0.4, -0.2) is 20.2 Å². The number of hydrogen-bond donors (Lipinski definition) is 0. The van der Waals surface area contributed by atoms with Crippen molar-refractivity contribution in [3.63, 3.8) is 0 Å². The second-order valence-corrected chi connectivity index (χ2v) is 5.37. The van der Waals surface area contributed by atoms with Crippen LogP contribution in [0.15, 0.2) is 72.8 Å². The van der Waals surface area contributed by atoms with E-state index in [-0.39, 0.29) is 0 Å². The van der Waals surface area contributed by atoms with Gasteiger partial charge in [0.15, 0.2) is 0 Å². The van der Waals surface area contributed by atoms with Gasteiger partial charge < -0.3 is 14.2 Å². The van der Waals surface area contributed by atoms with Crippen molar-refractivity contribution < 1.29 is 19.0 Å². The molecular weight excluding hydrogens is 316 g/mol. The van der Waals surface area contributed by atoms with Crippen molar-refractivity contribution in [1.82, 2.24) is 0 Å². The summed E-state index contributed by atoms with van der Waals surface area (Å²) < 4.78 is 15.6. The largest absolute Gasteiger partial charge is 0.497 e. The average Bonchev–Trinajstić information content (AvgIpc) is 2.68. The minimum atomic E-state index is -0.403. The SMILES string of the molecule is COc1ccc(C(=O)Oc2ccc(-c3ccc(OC)cc3)cc2)cc1. The van der Waals surface area contributed by atoms with Crippen LogP contribution >= 0.6 is 0 Å². The third-order valence-electron chi connectivity index (χ3n) is 3.81. The van der Waals surface area contributed by atoms with Crippen molar-refractivity contribution in [1.29, 1.82) is 0 Å². The smallest absolute Gasteiger partial charge is 0.343 e. The number of hydrogen-bond acceptors (Lipinski definition) is 4. The second kappa shape index (κ2) is 7.53. The number of ether oxygens (including phenoxy) is 3. The van der Waals surface area contributed by atoms with Gasteiger partial charge in [-0.3, -0.25) is 0 Å². The molecule has 0 aliphatic carbocycles. The van der Waals surface area contributed by atoms with E-state index in [1.165, 1.54) is 0 Å². The lowest BCUT2D eigenvalue weighted by atomic mass is 10.1. The fourth-order valence-electron chi connectivity index (χ4n) is 2.39. The molecule has 0 heterocycles. The molecule has 3 rings (SSSR count). The van der Waals surface area contributed by atoms with Crippen molar-refractivity contribution in [3.05, 3.63) is 78.4 Å². The van der Waals surface area contributed by atoms with Crippen molar-refractivity contribution >= 4 is 5.97 Å². The lowest BCUT2D eigenvalue weighted by Gasteiger charge is -2.07. The van der Waals surface area contributed by atoms with Gasteiger partial charge in [-0.15, -0.1) is 0 Å². The molecule has 126 valence electrons. The number of rotatable bonds is 5. The number of benzene rings is 3. The van der Waals surface area contributed by atoms with E-state index >= 15 is 0 Å². The third kappa shape index (κ3) is 3.98. The third-order valence-corrected chi connectivity index (χ3v) is 3.81. The summed E-state index contributed by atoms with van der Waals surface area (Å²) in [6.07, 6.45) is 0. The Labute approximate surface area is 146 Å². The first kappa shape index (κ1) is 16.6. The normalized spacial score (nSPS) is 10.2. The average molecular weight is 334 g/mol. The van der Waals surface area contributed by atoms with E-state index in [0.29, 0.717) is 17.1 Å². The molecule has 0 aromatic heterocycles. The molecule has 0 aliphatic rings. The molecule has 0 spiro atoms. The first-order valence-electron chi connectivity index (χ1n) is 7.80. The van der Waals surface area contributed by atoms with Gasteiger partial charge in [0.25, 0.3) is 0 Å². The van der Waals surface area contributed by atoms with E-state index < -0.39 is 5.97 Å². The highest BCUT2D eigenvalue weighted by atomic mass is 16.5. The van der Waals surface area contributed by atoms with Crippen molar-refractivity contribution in [2.75, 3.05) is 14.2 Å². The van der Waals surface area contributed by atoms with E-state index in [2.05, 4.69) is 0 Å². The van der Waals surface area contributed by atoms with Crippen LogP contribution in [0.2, 0.25) is 0 Å². The van der Waals surface area contributed by atoms with Crippen molar-refractivity contribution in [2.24, 2.45) is 0 Å². The molecule has 0 amide bonds. The van der Waals surface area contributed by atoms with Crippen molar-refractivity contribution in [2.45, 2.75) is 0 Å². The summed E-state index contributed by atoms with van der Waals surface area (Å²) in [5.41, 5.74) is 2.57. The maximum atomic E-state index is 12.2. The van der Waals surface area contributed by atoms with Gasteiger partial charge in [0.1, 0.15) is 17.2 Å². The molecule has 0 N–H and O–H groups in total. The lowest BCUT2D eigenvalue weighted by Crippen LogP contribution is -2.08. The van der Waals surface area contributed by atoms with E-state index in [1.54, 1.807) is 50.6 Å². The molecule has 0 fully saturated rings. The monoisotopic (exact) mass is 334 g/mol. The highest BCUT2D eigenvalue weighted by Gasteiger charge is 2.09. The Morgan fingerprint density at radius 2 is 1.00 bits per heavy atom. The van der Waals surface area contributed by atoms with Crippen LogP contribution in [0.25, 0.3) is 11.1 Å². The maximum Gasteiger partial charge on any atom is 0.343 e. The number of methoxy groups -OCH3 is 2. The summed E-state index contributed by atoms with van der Waals surface area (Å²) in [5, 5.41) is 0. The van der Waals surface area contributed by atoms with Crippen LogP contribution in [-0.2, 0) is 0 Å². The first-order valence-corrected chi connectivity index (χ1v) is 7.80. The van der Waals surface area contributed by atoms with Crippen LogP contribution in [0.1, 0.15) is 10.4 Å². The fraction of sp³-hybridized carbons (Fsp3) is 0.0952. The molecule has 0 bridgehead atoms. The molecule has 0 saturated heterocycles. The summed E-state index contributed by atoms with van der Waals surface area (Å²) in [7, 11) is 3.22. The molecule has 4 nitrogen and oxygen atoms in total. The molecule has 0 atom stereocenters. The topological polar surface area (TPSA) is 44.8 Å². The number of esters is 1. The Bertz CT molecular complexity index is 835. The van der Waals surface area contributed by atoms with Crippen LogP contribution in [0.4, 0.5) is 0 Å². The summed E-state index contributed by atoms with van der Waals surface area (Å²) in [4.78, 5) is 12.2. The van der Waals surface area contributed by atoms with Gasteiger partial charge in [0.05, 0.1) is 19.8 Å². The predicted octanol–water partition coefficient (Wildman–Crippen LogP) is 4.59. The molecule has 25 heavy (non-hydrogen) atoms. The summed E-state index contributed by atoms with van der Waals surface area (Å²) in [5.74, 6) is 1.60. The highest BCUT2D eigenvalue weighted by molar-refractivity contribution is 5.91. The fourth-order valence-corrected chi connectivity index (χ4v) is 2.39. The van der Waals surface area contributed by atoms with E-state index in [4.69, 9.17) is 14.2 Å². The Morgan fingerprint density at radius 3 is 1.44 bits per heavy atom. The molecule has 0 unspecified atom stereocenters. The zero-order valence-electron chi connectivity index (χ0n) is 14.1. The van der Waals surface area contributed by atoms with E-state index in [0.717, 1.165) is 16.9 Å². The van der Waals surface area contributed by atoms with Crippen LogP contribution in [0.5, 0.6) is 17.2 Å². The minimum absolute atomic E-state index is 0.403. The molecule has 3 aromatic carbocycles. The second-order valence-electron chi connectivity index (χ2n) is 5.37. The van der Waals surface area contributed by atoms with E-state index in [1.807, 2.05) is 36.4 Å².